The average Bonchev–Trinajstić information content (AvgIpc) is 2.81. The first-order valence-corrected chi connectivity index (χ1v) is 10.3. The van der Waals surface area contributed by atoms with Gasteiger partial charge >= 0.3 is 6.09 Å². The molecule has 4 rings (SSSR count). The summed E-state index contributed by atoms with van der Waals surface area (Å²) in [4.78, 5) is 28.4. The van der Waals surface area contributed by atoms with Crippen LogP contribution >= 0.6 is 0 Å². The molecule has 0 unspecified atom stereocenters. The Morgan fingerprint density at radius 1 is 1.09 bits per heavy atom. The molecule has 3 aromatic rings. The second-order valence-corrected chi connectivity index (χ2v) is 7.43. The Morgan fingerprint density at radius 2 is 1.88 bits per heavy atom. The highest BCUT2D eigenvalue weighted by atomic mass is 16.4. The normalized spacial score (nSPS) is 17.7. The molecule has 1 fully saturated rings. The van der Waals surface area contributed by atoms with Gasteiger partial charge in [-0.25, -0.2) is 24.7 Å². The summed E-state index contributed by atoms with van der Waals surface area (Å²) in [5, 5.41) is 27.6. The molecule has 1 aliphatic rings. The number of hydrogen-bond acceptors (Lipinski definition) is 8. The molecule has 0 radical (unpaired) electrons. The van der Waals surface area contributed by atoms with Crippen LogP contribution < -0.4 is 16.0 Å². The summed E-state index contributed by atoms with van der Waals surface area (Å²) >= 11 is 0. The maximum Gasteiger partial charge on any atom is 0.404 e. The topological polar surface area (TPSA) is 149 Å². The molecule has 32 heavy (non-hydrogen) atoms. The lowest BCUT2D eigenvalue weighted by Crippen LogP contribution is -2.48. The SMILES string of the molecule is N#Cc1ncc(N[C@@H]2CCCC[C@@H]2NC(=O)O)nc1Nc1cccc(-c2ncccn2)c1. The standard InChI is InChI=1S/C22H22N8O2/c23-12-18-21(27-15-6-3-5-14(11-15)20-24-9-4-10-25-20)30-19(13-26-18)28-16-7-1-2-8-17(16)29-22(31)32/h3-6,9-11,13,16-17,29H,1-2,7-8H2,(H,31,32)(H2,27,28,30)/t16-,17+/m1/s1. The van der Waals surface area contributed by atoms with E-state index in [-0.39, 0.29) is 17.8 Å². The van der Waals surface area contributed by atoms with Crippen molar-refractivity contribution in [3.05, 3.63) is 54.6 Å². The zero-order valence-corrected chi connectivity index (χ0v) is 17.2. The Balaban J connectivity index is 1.55. The van der Waals surface area contributed by atoms with Crippen molar-refractivity contribution in [1.82, 2.24) is 25.3 Å². The third-order valence-corrected chi connectivity index (χ3v) is 5.24. The minimum atomic E-state index is -1.04. The van der Waals surface area contributed by atoms with Gasteiger partial charge in [-0.1, -0.05) is 25.0 Å². The first-order valence-electron chi connectivity index (χ1n) is 10.3. The van der Waals surface area contributed by atoms with E-state index in [9.17, 15) is 10.1 Å². The van der Waals surface area contributed by atoms with Gasteiger partial charge in [-0.05, 0) is 31.0 Å². The predicted molar refractivity (Wildman–Crippen MR) is 118 cm³/mol. The molecule has 162 valence electrons. The van der Waals surface area contributed by atoms with Gasteiger partial charge in [-0.2, -0.15) is 5.26 Å². The summed E-state index contributed by atoms with van der Waals surface area (Å²) in [6, 6.07) is 11.0. The predicted octanol–water partition coefficient (Wildman–Crippen LogP) is 3.54. The molecular weight excluding hydrogens is 408 g/mol. The van der Waals surface area contributed by atoms with Crippen molar-refractivity contribution < 1.29 is 9.90 Å². The molecule has 2 atom stereocenters. The van der Waals surface area contributed by atoms with E-state index in [1.54, 1.807) is 18.5 Å². The van der Waals surface area contributed by atoms with Gasteiger partial charge in [-0.3, -0.25) is 0 Å². The van der Waals surface area contributed by atoms with Gasteiger partial charge in [-0.15, -0.1) is 0 Å². The van der Waals surface area contributed by atoms with Crippen LogP contribution in [-0.4, -0.2) is 43.2 Å². The van der Waals surface area contributed by atoms with Gasteiger partial charge in [0.25, 0.3) is 0 Å². The van der Waals surface area contributed by atoms with Crippen molar-refractivity contribution in [2.75, 3.05) is 10.6 Å². The highest BCUT2D eigenvalue weighted by molar-refractivity contribution is 5.68. The summed E-state index contributed by atoms with van der Waals surface area (Å²) < 4.78 is 0. The number of hydrogen-bond donors (Lipinski definition) is 4. The van der Waals surface area contributed by atoms with E-state index >= 15 is 0 Å². The molecule has 0 aliphatic heterocycles. The number of benzene rings is 1. The van der Waals surface area contributed by atoms with E-state index in [0.717, 1.165) is 31.2 Å². The van der Waals surface area contributed by atoms with Crippen molar-refractivity contribution in [2.45, 2.75) is 37.8 Å². The van der Waals surface area contributed by atoms with Gasteiger partial charge in [0.2, 0.25) is 0 Å². The lowest BCUT2D eigenvalue weighted by molar-refractivity contribution is 0.184. The van der Waals surface area contributed by atoms with Crippen molar-refractivity contribution in [1.29, 1.82) is 5.26 Å². The second kappa shape index (κ2) is 9.70. The van der Waals surface area contributed by atoms with Gasteiger partial charge in [0.1, 0.15) is 11.9 Å². The van der Waals surface area contributed by atoms with Crippen LogP contribution in [0, 0.1) is 11.3 Å². The number of nitrogens with one attached hydrogen (secondary N) is 3. The van der Waals surface area contributed by atoms with E-state index in [1.165, 1.54) is 6.20 Å². The maximum atomic E-state index is 11.1. The van der Waals surface area contributed by atoms with Crippen LogP contribution in [0.2, 0.25) is 0 Å². The van der Waals surface area contributed by atoms with E-state index in [2.05, 4.69) is 35.9 Å². The number of nitrogens with zero attached hydrogens (tertiary/aromatic N) is 5. The number of nitriles is 1. The van der Waals surface area contributed by atoms with E-state index < -0.39 is 6.09 Å². The van der Waals surface area contributed by atoms with Crippen molar-refractivity contribution in [3.8, 4) is 17.5 Å². The first-order chi connectivity index (χ1) is 15.6. The second-order valence-electron chi connectivity index (χ2n) is 7.43. The van der Waals surface area contributed by atoms with Crippen molar-refractivity contribution in [3.63, 3.8) is 0 Å². The lowest BCUT2D eigenvalue weighted by Gasteiger charge is -2.32. The molecule has 0 saturated heterocycles. The number of anilines is 3. The minimum absolute atomic E-state index is 0.103. The third-order valence-electron chi connectivity index (χ3n) is 5.24. The van der Waals surface area contributed by atoms with Crippen LogP contribution in [0.25, 0.3) is 11.4 Å². The fraction of sp³-hybridized carbons (Fsp3) is 0.273. The monoisotopic (exact) mass is 430 g/mol. The highest BCUT2D eigenvalue weighted by Gasteiger charge is 2.27. The molecule has 0 spiro atoms. The molecule has 10 nitrogen and oxygen atoms in total. The van der Waals surface area contributed by atoms with Gasteiger partial charge < -0.3 is 21.1 Å². The summed E-state index contributed by atoms with van der Waals surface area (Å²) in [6.45, 7) is 0. The van der Waals surface area contributed by atoms with Gasteiger partial charge in [0.05, 0.1) is 12.2 Å². The Hall–Kier alpha value is -4.26. The molecule has 2 heterocycles. The average molecular weight is 430 g/mol. The Morgan fingerprint density at radius 3 is 2.62 bits per heavy atom. The Kier molecular flexibility index (Phi) is 6.36. The molecule has 2 aromatic heterocycles. The number of aromatic nitrogens is 4. The van der Waals surface area contributed by atoms with Crippen LogP contribution in [0.4, 0.5) is 22.1 Å². The van der Waals surface area contributed by atoms with E-state index in [4.69, 9.17) is 5.11 Å². The summed E-state index contributed by atoms with van der Waals surface area (Å²) in [7, 11) is 0. The molecule has 0 bridgehead atoms. The van der Waals surface area contributed by atoms with Crippen LogP contribution in [0.5, 0.6) is 0 Å². The molecular formula is C22H22N8O2. The largest absolute Gasteiger partial charge is 0.465 e. The smallest absolute Gasteiger partial charge is 0.404 e. The molecule has 1 saturated carbocycles. The summed E-state index contributed by atoms with van der Waals surface area (Å²) in [5.74, 6) is 1.37. The van der Waals surface area contributed by atoms with Crippen molar-refractivity contribution >= 4 is 23.4 Å². The summed E-state index contributed by atoms with van der Waals surface area (Å²) in [5.41, 5.74) is 1.68. The zero-order valence-electron chi connectivity index (χ0n) is 17.2. The Bertz CT molecular complexity index is 1130. The first kappa shape index (κ1) is 21.0. The zero-order chi connectivity index (χ0) is 22.3. The van der Waals surface area contributed by atoms with E-state index in [0.29, 0.717) is 23.1 Å². The van der Waals surface area contributed by atoms with Crippen LogP contribution in [0.3, 0.4) is 0 Å². The quantitative estimate of drug-likeness (QED) is 0.460. The van der Waals surface area contributed by atoms with Crippen molar-refractivity contribution in [2.24, 2.45) is 0 Å². The fourth-order valence-electron chi connectivity index (χ4n) is 3.77. The number of rotatable bonds is 6. The Labute approximate surface area is 184 Å². The fourth-order valence-corrected chi connectivity index (χ4v) is 3.77. The van der Waals surface area contributed by atoms with Crippen LogP contribution in [0.1, 0.15) is 31.4 Å². The van der Waals surface area contributed by atoms with Crippen LogP contribution in [-0.2, 0) is 0 Å². The minimum Gasteiger partial charge on any atom is -0.465 e. The maximum absolute atomic E-state index is 11.1. The van der Waals surface area contributed by atoms with Crippen LogP contribution in [0.15, 0.2) is 48.9 Å². The van der Waals surface area contributed by atoms with Gasteiger partial charge in [0, 0.05) is 29.7 Å². The number of carbonyl (C=O) groups is 1. The molecule has 4 N–H and O–H groups in total. The third kappa shape index (κ3) is 5.07. The molecule has 10 heteroatoms. The van der Waals surface area contributed by atoms with E-state index in [1.807, 2.05) is 30.3 Å². The lowest BCUT2D eigenvalue weighted by atomic mass is 9.90. The van der Waals surface area contributed by atoms with Gasteiger partial charge in [0.15, 0.2) is 17.3 Å². The highest BCUT2D eigenvalue weighted by Crippen LogP contribution is 2.25. The molecule has 1 aromatic carbocycles. The summed E-state index contributed by atoms with van der Waals surface area (Å²) in [6.07, 6.45) is 7.34. The number of amides is 1. The number of carboxylic acid groups (broad SMARTS) is 1. The molecule has 1 aliphatic carbocycles. The molecule has 1 amide bonds.